The molecular formula is C21H38N2O6Si. The molecule has 30 heavy (non-hydrogen) atoms. The molecule has 3 amide bonds. The Bertz CT molecular complexity index is 547. The number of nitrogens with one attached hydrogen (secondary N) is 1. The van der Waals surface area contributed by atoms with Crippen LogP contribution in [0.4, 0.5) is 0 Å². The van der Waals surface area contributed by atoms with Gasteiger partial charge in [-0.25, -0.2) is 0 Å². The van der Waals surface area contributed by atoms with Crippen molar-refractivity contribution in [2.24, 2.45) is 11.8 Å². The van der Waals surface area contributed by atoms with Crippen molar-refractivity contribution in [3.05, 3.63) is 0 Å². The Balaban J connectivity index is 1.69. The summed E-state index contributed by atoms with van der Waals surface area (Å²) < 4.78 is 17.5. The van der Waals surface area contributed by atoms with Gasteiger partial charge in [-0.2, -0.15) is 0 Å². The zero-order valence-corrected chi connectivity index (χ0v) is 19.7. The van der Waals surface area contributed by atoms with Gasteiger partial charge in [-0.05, 0) is 58.8 Å². The average Bonchev–Trinajstić information content (AvgIpc) is 3.04. The van der Waals surface area contributed by atoms with Crippen molar-refractivity contribution in [3.63, 3.8) is 0 Å². The minimum Gasteiger partial charge on any atom is -0.374 e. The number of carbonyl (C=O) groups excluding carboxylic acids is 3. The molecule has 1 saturated carbocycles. The first-order valence-corrected chi connectivity index (χ1v) is 13.4. The number of hydrogen-bond donors (Lipinski definition) is 1. The van der Waals surface area contributed by atoms with Gasteiger partial charge in [0.1, 0.15) is 0 Å². The van der Waals surface area contributed by atoms with Crippen molar-refractivity contribution >= 4 is 26.5 Å². The van der Waals surface area contributed by atoms with Gasteiger partial charge in [0.25, 0.3) is 0 Å². The van der Waals surface area contributed by atoms with Crippen LogP contribution in [0.2, 0.25) is 6.04 Å². The van der Waals surface area contributed by atoms with Gasteiger partial charge in [0.15, 0.2) is 0 Å². The molecule has 2 fully saturated rings. The molecule has 0 bridgehead atoms. The molecule has 1 saturated heterocycles. The molecule has 0 aromatic carbocycles. The Kier molecular flexibility index (Phi) is 10.4. The lowest BCUT2D eigenvalue weighted by molar-refractivity contribution is -0.139. The zero-order valence-electron chi connectivity index (χ0n) is 18.7. The Morgan fingerprint density at radius 2 is 1.50 bits per heavy atom. The van der Waals surface area contributed by atoms with Gasteiger partial charge in [-0.3, -0.25) is 19.3 Å². The minimum absolute atomic E-state index is 0.0129. The van der Waals surface area contributed by atoms with Crippen LogP contribution in [0.1, 0.15) is 65.7 Å². The van der Waals surface area contributed by atoms with Gasteiger partial charge in [-0.1, -0.05) is 0 Å². The lowest BCUT2D eigenvalue weighted by atomic mass is 9.81. The number of carbonyl (C=O) groups is 3. The van der Waals surface area contributed by atoms with E-state index < -0.39 is 8.80 Å². The molecule has 0 radical (unpaired) electrons. The van der Waals surface area contributed by atoms with Crippen molar-refractivity contribution in [2.45, 2.75) is 71.8 Å². The third-order valence-electron chi connectivity index (χ3n) is 5.86. The summed E-state index contributed by atoms with van der Waals surface area (Å²) in [7, 11) is -2.66. The first-order valence-electron chi connectivity index (χ1n) is 11.5. The highest BCUT2D eigenvalue weighted by atomic mass is 28.4. The van der Waals surface area contributed by atoms with Crippen molar-refractivity contribution in [1.29, 1.82) is 0 Å². The number of nitrogens with zero attached hydrogens (tertiary/aromatic N) is 1. The molecule has 2 rings (SSSR count). The van der Waals surface area contributed by atoms with Gasteiger partial charge in [-0.15, -0.1) is 0 Å². The summed E-state index contributed by atoms with van der Waals surface area (Å²) >= 11 is 0. The Morgan fingerprint density at radius 3 is 2.00 bits per heavy atom. The molecule has 0 spiro atoms. The molecule has 0 aromatic rings. The highest BCUT2D eigenvalue weighted by molar-refractivity contribution is 6.60. The second kappa shape index (κ2) is 12.5. The minimum atomic E-state index is -2.66. The van der Waals surface area contributed by atoms with E-state index in [1.807, 2.05) is 20.8 Å². The van der Waals surface area contributed by atoms with E-state index in [4.69, 9.17) is 13.3 Å². The third-order valence-corrected chi connectivity index (χ3v) is 9.02. The van der Waals surface area contributed by atoms with E-state index >= 15 is 0 Å². The van der Waals surface area contributed by atoms with Crippen LogP contribution >= 0.6 is 0 Å². The zero-order chi connectivity index (χ0) is 22.0. The summed E-state index contributed by atoms with van der Waals surface area (Å²) in [6, 6.07) is 0.688. The van der Waals surface area contributed by atoms with Crippen LogP contribution in [-0.4, -0.2) is 64.3 Å². The number of imide groups is 1. The topological polar surface area (TPSA) is 94.2 Å². The molecule has 1 aliphatic carbocycles. The average molecular weight is 443 g/mol. The quantitative estimate of drug-likeness (QED) is 0.268. The predicted molar refractivity (Wildman–Crippen MR) is 114 cm³/mol. The van der Waals surface area contributed by atoms with E-state index in [1.54, 1.807) is 0 Å². The molecule has 172 valence electrons. The molecule has 0 atom stereocenters. The highest BCUT2D eigenvalue weighted by Gasteiger charge is 2.39. The molecule has 1 heterocycles. The van der Waals surface area contributed by atoms with E-state index in [2.05, 4.69) is 5.32 Å². The van der Waals surface area contributed by atoms with E-state index in [0.717, 1.165) is 32.1 Å². The summed E-state index contributed by atoms with van der Waals surface area (Å²) in [6.45, 7) is 8.57. The summed E-state index contributed by atoms with van der Waals surface area (Å²) in [6.07, 6.45) is 4.82. The lowest BCUT2D eigenvalue weighted by Gasteiger charge is -2.30. The maximum atomic E-state index is 12.5. The van der Waals surface area contributed by atoms with Crippen molar-refractivity contribution in [1.82, 2.24) is 10.2 Å². The second-order valence-corrected chi connectivity index (χ2v) is 10.7. The summed E-state index contributed by atoms with van der Waals surface area (Å²) in [5.74, 6) is 0.323. The highest BCUT2D eigenvalue weighted by Crippen LogP contribution is 2.30. The predicted octanol–water partition coefficient (Wildman–Crippen LogP) is 2.50. The fourth-order valence-corrected chi connectivity index (χ4v) is 6.97. The fourth-order valence-electron chi connectivity index (χ4n) is 4.35. The first kappa shape index (κ1) is 25.0. The maximum Gasteiger partial charge on any atom is 0.500 e. The number of likely N-dealkylation sites (tertiary alicyclic amines) is 1. The smallest absolute Gasteiger partial charge is 0.374 e. The molecule has 8 nitrogen and oxygen atoms in total. The summed E-state index contributed by atoms with van der Waals surface area (Å²) in [5.41, 5.74) is 0. The van der Waals surface area contributed by atoms with Crippen LogP contribution in [0.15, 0.2) is 0 Å². The van der Waals surface area contributed by atoms with Crippen LogP contribution in [0.5, 0.6) is 0 Å². The van der Waals surface area contributed by atoms with Gasteiger partial charge in [0.2, 0.25) is 17.7 Å². The monoisotopic (exact) mass is 442 g/mol. The maximum absolute atomic E-state index is 12.5. The van der Waals surface area contributed by atoms with E-state index in [1.165, 1.54) is 4.90 Å². The molecule has 1 N–H and O–H groups in total. The van der Waals surface area contributed by atoms with Gasteiger partial charge in [0, 0.05) is 57.7 Å². The number of amides is 3. The molecular weight excluding hydrogens is 404 g/mol. The van der Waals surface area contributed by atoms with Crippen LogP contribution in [0.3, 0.4) is 0 Å². The molecule has 9 heteroatoms. The van der Waals surface area contributed by atoms with Crippen molar-refractivity contribution in [2.75, 3.05) is 32.9 Å². The van der Waals surface area contributed by atoms with E-state index in [0.29, 0.717) is 57.7 Å². The number of rotatable bonds is 13. The molecule has 0 aromatic heterocycles. The molecule has 1 aliphatic heterocycles. The normalized spacial score (nSPS) is 22.6. The van der Waals surface area contributed by atoms with Crippen LogP contribution in [-0.2, 0) is 27.7 Å². The third kappa shape index (κ3) is 7.14. The van der Waals surface area contributed by atoms with Crippen molar-refractivity contribution in [3.8, 4) is 0 Å². The van der Waals surface area contributed by atoms with E-state index in [9.17, 15) is 14.4 Å². The molecule has 0 unspecified atom stereocenters. The van der Waals surface area contributed by atoms with Crippen LogP contribution in [0, 0.1) is 11.8 Å². The lowest BCUT2D eigenvalue weighted by Crippen LogP contribution is -2.46. The number of hydrogen-bond acceptors (Lipinski definition) is 6. The van der Waals surface area contributed by atoms with Gasteiger partial charge >= 0.3 is 8.80 Å². The standard InChI is InChI=1S/C21H38N2O6Si/c1-4-27-30(28-5-2,29-6-3)15-7-14-22-21(26)18-10-8-17(9-11-18)16-23-19(24)12-13-20(23)25/h17-18H,4-16H2,1-3H3,(H,22,26). The van der Waals surface area contributed by atoms with Gasteiger partial charge < -0.3 is 18.6 Å². The van der Waals surface area contributed by atoms with Crippen LogP contribution in [0.25, 0.3) is 0 Å². The fraction of sp³-hybridized carbons (Fsp3) is 0.857. The van der Waals surface area contributed by atoms with Crippen molar-refractivity contribution < 1.29 is 27.7 Å². The van der Waals surface area contributed by atoms with E-state index in [-0.39, 0.29) is 23.6 Å². The summed E-state index contributed by atoms with van der Waals surface area (Å²) in [4.78, 5) is 37.5. The Morgan fingerprint density at radius 1 is 0.967 bits per heavy atom. The SMILES string of the molecule is CCO[Si](CCCNC(=O)C1CCC(CN2C(=O)CCC2=O)CC1)(OCC)OCC. The Hall–Kier alpha value is -1.29. The second-order valence-electron chi connectivity index (χ2n) is 7.99. The van der Waals surface area contributed by atoms with Gasteiger partial charge in [0.05, 0.1) is 0 Å². The Labute approximate surface area is 181 Å². The first-order chi connectivity index (χ1) is 14.4. The van der Waals surface area contributed by atoms with Crippen LogP contribution < -0.4 is 5.32 Å². The summed E-state index contributed by atoms with van der Waals surface area (Å²) in [5, 5.41) is 3.05. The molecule has 2 aliphatic rings. The largest absolute Gasteiger partial charge is 0.500 e.